The minimum Gasteiger partial charge on any atom is -0.497 e. The van der Waals surface area contributed by atoms with E-state index in [9.17, 15) is 0 Å². The maximum atomic E-state index is 5.24. The summed E-state index contributed by atoms with van der Waals surface area (Å²) in [4.78, 5) is 8.81. The van der Waals surface area contributed by atoms with Crippen molar-refractivity contribution in [2.45, 2.75) is 20.0 Å². The van der Waals surface area contributed by atoms with Crippen LogP contribution >= 0.6 is 0 Å². The molecule has 0 saturated heterocycles. The van der Waals surface area contributed by atoms with E-state index in [2.05, 4.69) is 37.0 Å². The lowest BCUT2D eigenvalue weighted by atomic mass is 10.1. The zero-order chi connectivity index (χ0) is 16.1. The van der Waals surface area contributed by atoms with Gasteiger partial charge < -0.3 is 14.6 Å². The molecule has 0 fully saturated rings. The van der Waals surface area contributed by atoms with Crippen molar-refractivity contribution in [3.05, 3.63) is 48.7 Å². The van der Waals surface area contributed by atoms with E-state index in [-0.39, 0.29) is 0 Å². The van der Waals surface area contributed by atoms with Gasteiger partial charge in [0, 0.05) is 24.5 Å². The lowest BCUT2D eigenvalue weighted by Crippen LogP contribution is -2.10. The first kappa shape index (κ1) is 15.0. The Labute approximate surface area is 134 Å². The predicted octanol–water partition coefficient (Wildman–Crippen LogP) is 2.38. The van der Waals surface area contributed by atoms with E-state index in [1.807, 2.05) is 30.5 Å². The monoisotopic (exact) mass is 310 g/mol. The van der Waals surface area contributed by atoms with Gasteiger partial charge in [0.15, 0.2) is 0 Å². The molecule has 2 aromatic heterocycles. The molecule has 0 aliphatic rings. The molecule has 1 N–H and O–H groups in total. The van der Waals surface area contributed by atoms with Crippen LogP contribution in [0.3, 0.4) is 0 Å². The molecule has 0 radical (unpaired) electrons. The summed E-state index contributed by atoms with van der Waals surface area (Å²) >= 11 is 0. The van der Waals surface area contributed by atoms with Gasteiger partial charge in [-0.2, -0.15) is 5.10 Å². The normalized spacial score (nSPS) is 10.5. The van der Waals surface area contributed by atoms with Crippen molar-refractivity contribution in [2.24, 2.45) is 0 Å². The Balaban J connectivity index is 1.77. The van der Waals surface area contributed by atoms with Gasteiger partial charge in [0.1, 0.15) is 11.6 Å². The first-order valence-corrected chi connectivity index (χ1v) is 7.38. The van der Waals surface area contributed by atoms with Gasteiger partial charge >= 0.3 is 0 Å². The van der Waals surface area contributed by atoms with Crippen LogP contribution in [0.25, 0.3) is 11.3 Å². The molecule has 7 nitrogen and oxygen atoms in total. The summed E-state index contributed by atoms with van der Waals surface area (Å²) in [6, 6.07) is 7.68. The first-order valence-electron chi connectivity index (χ1n) is 7.38. The molecule has 0 bridgehead atoms. The highest BCUT2D eigenvalue weighted by atomic mass is 16.5. The van der Waals surface area contributed by atoms with Crippen molar-refractivity contribution < 1.29 is 4.74 Å². The zero-order valence-electron chi connectivity index (χ0n) is 13.1. The van der Waals surface area contributed by atoms with Gasteiger partial charge in [-0.1, -0.05) is 12.1 Å². The number of aromatic nitrogens is 5. The van der Waals surface area contributed by atoms with Crippen molar-refractivity contribution in [1.29, 1.82) is 0 Å². The van der Waals surface area contributed by atoms with Gasteiger partial charge in [-0.05, 0) is 19.1 Å². The fourth-order valence-electron chi connectivity index (χ4n) is 2.25. The van der Waals surface area contributed by atoms with E-state index < -0.39 is 0 Å². The zero-order valence-corrected chi connectivity index (χ0v) is 13.1. The predicted molar refractivity (Wildman–Crippen MR) is 87.0 cm³/mol. The second-order valence-electron chi connectivity index (χ2n) is 4.88. The third kappa shape index (κ3) is 3.45. The largest absolute Gasteiger partial charge is 0.497 e. The topological polar surface area (TPSA) is 77.8 Å². The standard InChI is InChI=1S/C16H18N6O/c1-3-22-8-7-17-15(22)11-18-16-20-14(10-19-21-16)12-5-4-6-13(9-12)23-2/h4-10H,3,11H2,1-2H3,(H,18,20,21). The fourth-order valence-corrected chi connectivity index (χ4v) is 2.25. The minimum absolute atomic E-state index is 0.468. The van der Waals surface area contributed by atoms with Gasteiger partial charge in [-0.25, -0.2) is 9.97 Å². The highest BCUT2D eigenvalue weighted by Gasteiger charge is 2.06. The van der Waals surface area contributed by atoms with Crippen molar-refractivity contribution in [3.8, 4) is 17.0 Å². The van der Waals surface area contributed by atoms with Gasteiger partial charge in [0.25, 0.3) is 0 Å². The highest BCUT2D eigenvalue weighted by Crippen LogP contribution is 2.21. The maximum Gasteiger partial charge on any atom is 0.243 e. The van der Waals surface area contributed by atoms with Gasteiger partial charge in [0.05, 0.1) is 25.5 Å². The molecular weight excluding hydrogens is 292 g/mol. The maximum absolute atomic E-state index is 5.24. The third-order valence-electron chi connectivity index (χ3n) is 3.47. The number of benzene rings is 1. The molecule has 23 heavy (non-hydrogen) atoms. The van der Waals surface area contributed by atoms with Crippen LogP contribution in [-0.4, -0.2) is 31.8 Å². The molecule has 0 unspecified atom stereocenters. The molecule has 7 heteroatoms. The summed E-state index contributed by atoms with van der Waals surface area (Å²) in [5, 5.41) is 11.2. The van der Waals surface area contributed by atoms with Crippen LogP contribution in [0.15, 0.2) is 42.9 Å². The SMILES string of the molecule is CCn1ccnc1CNc1nncc(-c2cccc(OC)c2)n1. The van der Waals surface area contributed by atoms with Crippen LogP contribution in [-0.2, 0) is 13.1 Å². The van der Waals surface area contributed by atoms with E-state index in [0.717, 1.165) is 29.4 Å². The number of methoxy groups -OCH3 is 1. The molecule has 2 heterocycles. The lowest BCUT2D eigenvalue weighted by molar-refractivity contribution is 0.415. The Kier molecular flexibility index (Phi) is 4.46. The van der Waals surface area contributed by atoms with Crippen molar-refractivity contribution in [2.75, 3.05) is 12.4 Å². The molecular formula is C16H18N6O. The highest BCUT2D eigenvalue weighted by molar-refractivity contribution is 5.61. The lowest BCUT2D eigenvalue weighted by Gasteiger charge is -2.08. The Hall–Kier alpha value is -2.96. The number of ether oxygens (including phenoxy) is 1. The Morgan fingerprint density at radius 3 is 3.04 bits per heavy atom. The molecule has 1 aromatic carbocycles. The average Bonchev–Trinajstić information content (AvgIpc) is 3.08. The average molecular weight is 310 g/mol. The third-order valence-corrected chi connectivity index (χ3v) is 3.47. The second kappa shape index (κ2) is 6.87. The Bertz CT molecular complexity index is 786. The fraction of sp³-hybridized carbons (Fsp3) is 0.250. The van der Waals surface area contributed by atoms with E-state index in [0.29, 0.717) is 12.5 Å². The van der Waals surface area contributed by atoms with Gasteiger partial charge in [0.2, 0.25) is 5.95 Å². The molecule has 0 aliphatic carbocycles. The number of hydrogen-bond donors (Lipinski definition) is 1. The molecule has 0 aliphatic heterocycles. The number of aryl methyl sites for hydroxylation is 1. The van der Waals surface area contributed by atoms with E-state index in [4.69, 9.17) is 4.74 Å². The summed E-state index contributed by atoms with van der Waals surface area (Å²) in [6.07, 6.45) is 5.36. The summed E-state index contributed by atoms with van der Waals surface area (Å²) in [7, 11) is 1.64. The number of hydrogen-bond acceptors (Lipinski definition) is 6. The van der Waals surface area contributed by atoms with Crippen LogP contribution in [0.2, 0.25) is 0 Å². The Morgan fingerprint density at radius 2 is 2.22 bits per heavy atom. The number of nitrogens with one attached hydrogen (secondary N) is 1. The summed E-state index contributed by atoms with van der Waals surface area (Å²) in [5.74, 6) is 2.18. The molecule has 0 atom stereocenters. The quantitative estimate of drug-likeness (QED) is 0.753. The smallest absolute Gasteiger partial charge is 0.243 e. The number of rotatable bonds is 6. The van der Waals surface area contributed by atoms with Crippen LogP contribution in [0.5, 0.6) is 5.75 Å². The molecule has 118 valence electrons. The molecule has 3 rings (SSSR count). The summed E-state index contributed by atoms with van der Waals surface area (Å²) < 4.78 is 7.30. The minimum atomic E-state index is 0.468. The van der Waals surface area contributed by atoms with Crippen LogP contribution < -0.4 is 10.1 Å². The van der Waals surface area contributed by atoms with E-state index in [1.165, 1.54) is 0 Å². The molecule has 3 aromatic rings. The molecule has 0 amide bonds. The second-order valence-corrected chi connectivity index (χ2v) is 4.88. The van der Waals surface area contributed by atoms with Gasteiger partial charge in [-0.15, -0.1) is 5.10 Å². The number of imidazole rings is 1. The number of nitrogens with zero attached hydrogens (tertiary/aromatic N) is 5. The number of anilines is 1. The Morgan fingerprint density at radius 1 is 1.30 bits per heavy atom. The molecule has 0 saturated carbocycles. The van der Waals surface area contributed by atoms with Crippen LogP contribution in [0, 0.1) is 0 Å². The van der Waals surface area contributed by atoms with Crippen molar-refractivity contribution in [3.63, 3.8) is 0 Å². The summed E-state index contributed by atoms with van der Waals surface area (Å²) in [6.45, 7) is 3.50. The van der Waals surface area contributed by atoms with Gasteiger partial charge in [-0.3, -0.25) is 0 Å². The van der Waals surface area contributed by atoms with E-state index in [1.54, 1.807) is 19.5 Å². The van der Waals surface area contributed by atoms with E-state index >= 15 is 0 Å². The van der Waals surface area contributed by atoms with Crippen molar-refractivity contribution >= 4 is 5.95 Å². The van der Waals surface area contributed by atoms with Crippen LogP contribution in [0.1, 0.15) is 12.7 Å². The van der Waals surface area contributed by atoms with Crippen LogP contribution in [0.4, 0.5) is 5.95 Å². The summed E-state index contributed by atoms with van der Waals surface area (Å²) in [5.41, 5.74) is 1.66. The first-order chi connectivity index (χ1) is 11.3. The van der Waals surface area contributed by atoms with Crippen molar-refractivity contribution in [1.82, 2.24) is 24.7 Å². The molecule has 0 spiro atoms.